The van der Waals surface area contributed by atoms with Gasteiger partial charge in [0.05, 0.1) is 11.8 Å². The molecule has 2 heterocycles. The Labute approximate surface area is 94.0 Å². The maximum absolute atomic E-state index is 11.6. The summed E-state index contributed by atoms with van der Waals surface area (Å²) in [7, 11) is 0. The van der Waals surface area contributed by atoms with Crippen LogP contribution in [0.1, 0.15) is 15.9 Å². The fourth-order valence-electron chi connectivity index (χ4n) is 1.09. The van der Waals surface area contributed by atoms with Gasteiger partial charge in [-0.3, -0.25) is 9.89 Å². The van der Waals surface area contributed by atoms with Gasteiger partial charge in [0.1, 0.15) is 12.1 Å². The molecule has 0 radical (unpaired) electrons. The molecule has 0 spiro atoms. The highest BCUT2D eigenvalue weighted by Crippen LogP contribution is 2.16. The summed E-state index contributed by atoms with van der Waals surface area (Å²) < 4.78 is 5.49. The van der Waals surface area contributed by atoms with E-state index in [4.69, 9.17) is 4.42 Å². The minimum absolute atomic E-state index is 0.239. The summed E-state index contributed by atoms with van der Waals surface area (Å²) in [5.74, 6) is 0.356. The number of halogens is 1. The molecule has 0 aliphatic rings. The number of hydrogen-bond donors (Lipinski definition) is 2. The van der Waals surface area contributed by atoms with Gasteiger partial charge in [0.25, 0.3) is 5.91 Å². The van der Waals surface area contributed by atoms with Crippen molar-refractivity contribution in [3.63, 3.8) is 0 Å². The Morgan fingerprint density at radius 2 is 2.47 bits per heavy atom. The second kappa shape index (κ2) is 3.90. The van der Waals surface area contributed by atoms with E-state index in [1.165, 1.54) is 6.26 Å². The molecule has 2 rings (SSSR count). The lowest BCUT2D eigenvalue weighted by Gasteiger charge is -2.00. The Morgan fingerprint density at radius 1 is 1.67 bits per heavy atom. The van der Waals surface area contributed by atoms with Crippen molar-refractivity contribution in [2.45, 2.75) is 6.92 Å². The summed E-state index contributed by atoms with van der Waals surface area (Å²) in [4.78, 5) is 11.6. The summed E-state index contributed by atoms with van der Waals surface area (Å²) in [6, 6.07) is 1.60. The van der Waals surface area contributed by atoms with Crippen LogP contribution in [0.3, 0.4) is 0 Å². The summed E-state index contributed by atoms with van der Waals surface area (Å²) in [5, 5.41) is 9.17. The third-order valence-electron chi connectivity index (χ3n) is 1.90. The summed E-state index contributed by atoms with van der Waals surface area (Å²) in [6.45, 7) is 1.85. The molecule has 0 saturated heterocycles. The second-order valence-electron chi connectivity index (χ2n) is 3.02. The molecule has 0 aliphatic heterocycles. The van der Waals surface area contributed by atoms with Gasteiger partial charge in [0.2, 0.25) is 0 Å². The van der Waals surface area contributed by atoms with Gasteiger partial charge in [-0.25, -0.2) is 0 Å². The predicted octanol–water partition coefficient (Wildman–Crippen LogP) is 2.33. The molecule has 0 unspecified atom stereocenters. The predicted molar refractivity (Wildman–Crippen MR) is 57.7 cm³/mol. The van der Waals surface area contributed by atoms with Gasteiger partial charge >= 0.3 is 0 Å². The van der Waals surface area contributed by atoms with Gasteiger partial charge < -0.3 is 9.73 Å². The van der Waals surface area contributed by atoms with E-state index in [2.05, 4.69) is 31.4 Å². The lowest BCUT2D eigenvalue weighted by atomic mass is 10.3. The Hall–Kier alpha value is -1.56. The molecule has 0 saturated carbocycles. The number of H-pyrrole nitrogens is 1. The van der Waals surface area contributed by atoms with Crippen LogP contribution in [-0.4, -0.2) is 16.1 Å². The average molecular weight is 270 g/mol. The zero-order chi connectivity index (χ0) is 10.8. The van der Waals surface area contributed by atoms with E-state index in [-0.39, 0.29) is 5.91 Å². The normalized spacial score (nSPS) is 10.3. The zero-order valence-corrected chi connectivity index (χ0v) is 9.46. The number of aromatic nitrogens is 2. The molecule has 2 N–H and O–H groups in total. The highest BCUT2D eigenvalue weighted by atomic mass is 79.9. The summed E-state index contributed by atoms with van der Waals surface area (Å²) in [5.41, 5.74) is 1.33. The van der Waals surface area contributed by atoms with Gasteiger partial charge in [-0.2, -0.15) is 5.10 Å². The van der Waals surface area contributed by atoms with Crippen molar-refractivity contribution < 1.29 is 9.21 Å². The van der Waals surface area contributed by atoms with Crippen LogP contribution >= 0.6 is 15.9 Å². The molecule has 15 heavy (non-hydrogen) atoms. The van der Waals surface area contributed by atoms with E-state index in [9.17, 15) is 4.79 Å². The first-order valence-corrected chi connectivity index (χ1v) is 5.01. The van der Waals surface area contributed by atoms with Crippen molar-refractivity contribution in [1.82, 2.24) is 10.2 Å². The van der Waals surface area contributed by atoms with Crippen LogP contribution in [0.25, 0.3) is 0 Å². The monoisotopic (exact) mass is 269 g/mol. The van der Waals surface area contributed by atoms with Crippen molar-refractivity contribution in [3.8, 4) is 0 Å². The fraction of sp³-hybridized carbons (Fsp3) is 0.111. The molecule has 0 aromatic carbocycles. The first-order chi connectivity index (χ1) is 7.16. The number of aryl methyl sites for hydroxylation is 1. The first kappa shape index (κ1) is 9.97. The number of anilines is 1. The molecule has 0 aliphatic carbocycles. The van der Waals surface area contributed by atoms with E-state index in [1.807, 2.05) is 6.92 Å². The van der Waals surface area contributed by atoms with Gasteiger partial charge in [-0.15, -0.1) is 0 Å². The first-order valence-electron chi connectivity index (χ1n) is 4.22. The number of hydrogen-bond acceptors (Lipinski definition) is 3. The minimum Gasteiger partial charge on any atom is -0.457 e. The molecular formula is C9H8BrN3O2. The molecule has 0 fully saturated rings. The lowest BCUT2D eigenvalue weighted by Crippen LogP contribution is -2.11. The molecule has 0 bridgehead atoms. The van der Waals surface area contributed by atoms with Gasteiger partial charge in [-0.1, -0.05) is 0 Å². The fourth-order valence-corrected chi connectivity index (χ4v) is 1.43. The minimum atomic E-state index is -0.239. The molecule has 2 aromatic heterocycles. The topological polar surface area (TPSA) is 70.9 Å². The van der Waals surface area contributed by atoms with E-state index in [1.54, 1.807) is 12.3 Å². The summed E-state index contributed by atoms with van der Waals surface area (Å²) >= 11 is 3.13. The van der Waals surface area contributed by atoms with Crippen molar-refractivity contribution in [2.75, 3.05) is 5.32 Å². The van der Waals surface area contributed by atoms with Crippen molar-refractivity contribution in [1.29, 1.82) is 0 Å². The van der Waals surface area contributed by atoms with Crippen LogP contribution in [0.4, 0.5) is 5.82 Å². The van der Waals surface area contributed by atoms with Crippen LogP contribution in [-0.2, 0) is 0 Å². The van der Waals surface area contributed by atoms with E-state index >= 15 is 0 Å². The van der Waals surface area contributed by atoms with Crippen LogP contribution < -0.4 is 5.32 Å². The number of carbonyl (C=O) groups is 1. The molecule has 2 aromatic rings. The van der Waals surface area contributed by atoms with Crippen molar-refractivity contribution in [3.05, 3.63) is 34.3 Å². The lowest BCUT2D eigenvalue weighted by molar-refractivity contribution is 0.102. The highest BCUT2D eigenvalue weighted by molar-refractivity contribution is 9.10. The standard InChI is InChI=1S/C9H8BrN3O2/c1-5-3-11-13-8(5)12-9(14)6-2-7(10)15-4-6/h2-4H,1H3,(H2,11,12,13,14). The largest absolute Gasteiger partial charge is 0.457 e. The summed E-state index contributed by atoms with van der Waals surface area (Å²) in [6.07, 6.45) is 3.02. The molecule has 0 atom stereocenters. The molecule has 5 nitrogen and oxygen atoms in total. The van der Waals surface area contributed by atoms with Crippen LogP contribution in [0.5, 0.6) is 0 Å². The quantitative estimate of drug-likeness (QED) is 0.879. The number of furan rings is 1. The van der Waals surface area contributed by atoms with Gasteiger partial charge in [0.15, 0.2) is 4.67 Å². The number of rotatable bonds is 2. The molecule has 1 amide bonds. The maximum atomic E-state index is 11.6. The number of nitrogens with one attached hydrogen (secondary N) is 2. The van der Waals surface area contributed by atoms with Crippen LogP contribution in [0.2, 0.25) is 0 Å². The SMILES string of the molecule is Cc1cn[nH]c1NC(=O)c1coc(Br)c1. The van der Waals surface area contributed by atoms with Gasteiger partial charge in [-0.05, 0) is 22.9 Å². The third kappa shape index (κ3) is 2.10. The van der Waals surface area contributed by atoms with Crippen LogP contribution in [0, 0.1) is 6.92 Å². The Bertz CT molecular complexity index is 489. The Kier molecular flexibility index (Phi) is 2.59. The number of aromatic amines is 1. The van der Waals surface area contributed by atoms with Gasteiger partial charge in [0, 0.05) is 11.6 Å². The Morgan fingerprint density at radius 3 is 3.00 bits per heavy atom. The van der Waals surface area contributed by atoms with E-state index < -0.39 is 0 Å². The van der Waals surface area contributed by atoms with E-state index in [0.717, 1.165) is 5.56 Å². The third-order valence-corrected chi connectivity index (χ3v) is 2.31. The van der Waals surface area contributed by atoms with Crippen molar-refractivity contribution >= 4 is 27.7 Å². The highest BCUT2D eigenvalue weighted by Gasteiger charge is 2.11. The number of carbonyl (C=O) groups excluding carboxylic acids is 1. The van der Waals surface area contributed by atoms with Crippen LogP contribution in [0.15, 0.2) is 27.6 Å². The van der Waals surface area contributed by atoms with Crippen molar-refractivity contribution in [2.24, 2.45) is 0 Å². The smallest absolute Gasteiger partial charge is 0.260 e. The molecular weight excluding hydrogens is 262 g/mol. The maximum Gasteiger partial charge on any atom is 0.260 e. The zero-order valence-electron chi connectivity index (χ0n) is 7.87. The number of nitrogens with zero attached hydrogens (tertiary/aromatic N) is 1. The Balaban J connectivity index is 2.14. The average Bonchev–Trinajstić information content (AvgIpc) is 2.77. The molecule has 78 valence electrons. The van der Waals surface area contributed by atoms with E-state index in [0.29, 0.717) is 16.1 Å². The number of amides is 1. The second-order valence-corrected chi connectivity index (χ2v) is 3.80. The molecule has 6 heteroatoms.